The summed E-state index contributed by atoms with van der Waals surface area (Å²) in [6, 6.07) is 1.81. The van der Waals surface area contributed by atoms with Gasteiger partial charge in [0.25, 0.3) is 5.91 Å². The minimum atomic E-state index is -0.0474. The number of nitrogens with one attached hydrogen (secondary N) is 1. The Morgan fingerprint density at radius 2 is 2.33 bits per heavy atom. The van der Waals surface area contributed by atoms with Crippen molar-refractivity contribution in [1.29, 1.82) is 0 Å². The van der Waals surface area contributed by atoms with Gasteiger partial charge in [0.05, 0.1) is 6.61 Å². The molecule has 0 aliphatic heterocycles. The minimum Gasteiger partial charge on any atom is -0.395 e. The lowest BCUT2D eigenvalue weighted by molar-refractivity contribution is 0.0717. The minimum absolute atomic E-state index is 0.00351. The molecule has 5 heteroatoms. The van der Waals surface area contributed by atoms with E-state index in [0.717, 1.165) is 9.99 Å². The molecule has 0 fully saturated rings. The molecule has 1 rings (SSSR count). The van der Waals surface area contributed by atoms with Crippen LogP contribution in [0, 0.1) is 3.57 Å². The first-order valence-corrected chi connectivity index (χ1v) is 6.01. The lowest BCUT2D eigenvalue weighted by Crippen LogP contribution is -2.34. The van der Waals surface area contributed by atoms with Crippen LogP contribution in [0.1, 0.15) is 23.8 Å². The Kier molecular flexibility index (Phi) is 5.10. The maximum Gasteiger partial charge on any atom is 0.270 e. The molecule has 1 aromatic heterocycles. The molecule has 15 heavy (non-hydrogen) atoms. The summed E-state index contributed by atoms with van der Waals surface area (Å²) >= 11 is 2.15. The number of carbonyl (C=O) groups excluding carboxylic acids is 1. The summed E-state index contributed by atoms with van der Waals surface area (Å²) < 4.78 is 1.01. The Hall–Kier alpha value is -0.560. The monoisotopic (exact) mass is 322 g/mol. The van der Waals surface area contributed by atoms with Crippen molar-refractivity contribution >= 4 is 28.5 Å². The summed E-state index contributed by atoms with van der Waals surface area (Å²) in [4.78, 5) is 16.5. The van der Waals surface area contributed by atoms with Gasteiger partial charge in [-0.15, -0.1) is 0 Å². The summed E-state index contributed by atoms with van der Waals surface area (Å²) in [5.74, 6) is -0.0474. The molecule has 2 N–H and O–H groups in total. The van der Waals surface area contributed by atoms with Crippen molar-refractivity contribution in [2.45, 2.75) is 13.3 Å². The molecule has 0 bridgehead atoms. The molecule has 1 heterocycles. The van der Waals surface area contributed by atoms with Crippen molar-refractivity contribution in [3.8, 4) is 0 Å². The summed E-state index contributed by atoms with van der Waals surface area (Å²) in [6.45, 7) is 3.08. The number of aromatic nitrogens is 1. The smallest absolute Gasteiger partial charge is 0.270 e. The molecule has 0 spiro atoms. The molecule has 84 valence electrons. The highest BCUT2D eigenvalue weighted by molar-refractivity contribution is 14.1. The molecule has 0 aliphatic carbocycles. The number of rotatable bonds is 5. The second kappa shape index (κ2) is 6.12. The summed E-state index contributed by atoms with van der Waals surface area (Å²) in [5, 5.41) is 8.86. The number of nitrogens with zero attached hydrogens (tertiary/aromatic N) is 1. The first-order valence-electron chi connectivity index (χ1n) is 4.93. The molecule has 0 atom stereocenters. The van der Waals surface area contributed by atoms with Crippen molar-refractivity contribution < 1.29 is 9.90 Å². The second-order valence-corrected chi connectivity index (χ2v) is 4.49. The van der Waals surface area contributed by atoms with Gasteiger partial charge in [0.2, 0.25) is 0 Å². The topological polar surface area (TPSA) is 56.3 Å². The first kappa shape index (κ1) is 12.5. The van der Waals surface area contributed by atoms with Gasteiger partial charge in [0.15, 0.2) is 0 Å². The highest BCUT2D eigenvalue weighted by atomic mass is 127. The fourth-order valence-corrected chi connectivity index (χ4v) is 1.83. The van der Waals surface area contributed by atoms with Crippen LogP contribution in [0.4, 0.5) is 0 Å². The Labute approximate surface area is 103 Å². The molecule has 4 nitrogen and oxygen atoms in total. The van der Waals surface area contributed by atoms with Crippen LogP contribution in [0.3, 0.4) is 0 Å². The number of aliphatic hydroxyl groups is 1. The maximum atomic E-state index is 11.9. The van der Waals surface area contributed by atoms with Crippen LogP contribution >= 0.6 is 22.6 Å². The standard InChI is InChI=1S/C10H15IN2O2/c1-2-3-13(4-5-14)10(15)9-6-8(11)7-12-9/h6-7,12,14H,2-5H2,1H3. The fraction of sp³-hybridized carbons (Fsp3) is 0.500. The number of halogens is 1. The van der Waals surface area contributed by atoms with E-state index < -0.39 is 0 Å². The van der Waals surface area contributed by atoms with Gasteiger partial charge >= 0.3 is 0 Å². The predicted octanol–water partition coefficient (Wildman–Crippen LogP) is 1.46. The highest BCUT2D eigenvalue weighted by Gasteiger charge is 2.15. The Morgan fingerprint density at radius 3 is 2.80 bits per heavy atom. The van der Waals surface area contributed by atoms with Gasteiger partial charge in [-0.2, -0.15) is 0 Å². The van der Waals surface area contributed by atoms with Crippen LogP contribution in [-0.4, -0.2) is 40.6 Å². The number of amides is 1. The largest absolute Gasteiger partial charge is 0.395 e. The van der Waals surface area contributed by atoms with Crippen molar-refractivity contribution in [1.82, 2.24) is 9.88 Å². The van der Waals surface area contributed by atoms with E-state index in [1.165, 1.54) is 0 Å². The number of aliphatic hydroxyl groups excluding tert-OH is 1. The fourth-order valence-electron chi connectivity index (χ4n) is 1.37. The van der Waals surface area contributed by atoms with E-state index in [9.17, 15) is 4.79 Å². The lowest BCUT2D eigenvalue weighted by atomic mass is 10.3. The van der Waals surface area contributed by atoms with Crippen LogP contribution in [0.15, 0.2) is 12.3 Å². The van der Waals surface area contributed by atoms with Gasteiger partial charge in [-0.1, -0.05) is 6.92 Å². The molecule has 0 saturated heterocycles. The molecule has 1 amide bonds. The van der Waals surface area contributed by atoms with Crippen LogP contribution in [0.25, 0.3) is 0 Å². The van der Waals surface area contributed by atoms with E-state index >= 15 is 0 Å². The van der Waals surface area contributed by atoms with E-state index in [2.05, 4.69) is 27.6 Å². The van der Waals surface area contributed by atoms with E-state index in [1.54, 1.807) is 11.1 Å². The number of H-pyrrole nitrogens is 1. The summed E-state index contributed by atoms with van der Waals surface area (Å²) in [7, 11) is 0. The number of hydrogen-bond donors (Lipinski definition) is 2. The molecule has 0 aromatic carbocycles. The van der Waals surface area contributed by atoms with Crippen LogP contribution in [0.5, 0.6) is 0 Å². The third-order valence-corrected chi connectivity index (χ3v) is 2.65. The Bertz CT molecular complexity index is 319. The van der Waals surface area contributed by atoms with E-state index in [0.29, 0.717) is 18.8 Å². The van der Waals surface area contributed by atoms with Crippen molar-refractivity contribution in [2.24, 2.45) is 0 Å². The van der Waals surface area contributed by atoms with Crippen LogP contribution in [-0.2, 0) is 0 Å². The molecule has 0 unspecified atom stereocenters. The highest BCUT2D eigenvalue weighted by Crippen LogP contribution is 2.09. The zero-order valence-electron chi connectivity index (χ0n) is 8.66. The van der Waals surface area contributed by atoms with Crippen molar-refractivity contribution in [3.05, 3.63) is 21.5 Å². The molecular formula is C10H15IN2O2. The van der Waals surface area contributed by atoms with Crippen LogP contribution in [0.2, 0.25) is 0 Å². The van der Waals surface area contributed by atoms with Crippen molar-refractivity contribution in [2.75, 3.05) is 19.7 Å². The van der Waals surface area contributed by atoms with E-state index in [1.807, 2.05) is 13.0 Å². The second-order valence-electron chi connectivity index (χ2n) is 3.25. The number of aromatic amines is 1. The average molecular weight is 322 g/mol. The van der Waals surface area contributed by atoms with Crippen molar-refractivity contribution in [3.63, 3.8) is 0 Å². The van der Waals surface area contributed by atoms with Gasteiger partial charge in [0, 0.05) is 22.9 Å². The predicted molar refractivity (Wildman–Crippen MR) is 66.8 cm³/mol. The first-order chi connectivity index (χ1) is 7.19. The number of hydrogen-bond acceptors (Lipinski definition) is 2. The van der Waals surface area contributed by atoms with Gasteiger partial charge in [-0.05, 0) is 35.1 Å². The Balaban J connectivity index is 2.71. The molecule has 0 saturated carbocycles. The zero-order valence-corrected chi connectivity index (χ0v) is 10.8. The molecule has 1 aromatic rings. The van der Waals surface area contributed by atoms with Gasteiger partial charge in [0.1, 0.15) is 5.69 Å². The van der Waals surface area contributed by atoms with Gasteiger partial charge < -0.3 is 15.0 Å². The quantitative estimate of drug-likeness (QED) is 0.807. The molecule has 0 aliphatic rings. The van der Waals surface area contributed by atoms with E-state index in [4.69, 9.17) is 5.11 Å². The summed E-state index contributed by atoms with van der Waals surface area (Å²) in [5.41, 5.74) is 0.585. The Morgan fingerprint density at radius 1 is 1.60 bits per heavy atom. The SMILES string of the molecule is CCCN(CCO)C(=O)c1cc(I)c[nH]1. The van der Waals surface area contributed by atoms with Gasteiger partial charge in [-0.3, -0.25) is 4.79 Å². The van der Waals surface area contributed by atoms with Gasteiger partial charge in [-0.25, -0.2) is 0 Å². The lowest BCUT2D eigenvalue weighted by Gasteiger charge is -2.20. The normalized spacial score (nSPS) is 10.3. The summed E-state index contributed by atoms with van der Waals surface area (Å²) in [6.07, 6.45) is 2.68. The third-order valence-electron chi connectivity index (χ3n) is 2.03. The van der Waals surface area contributed by atoms with E-state index in [-0.39, 0.29) is 12.5 Å². The molecular weight excluding hydrogens is 307 g/mol. The van der Waals surface area contributed by atoms with Crippen LogP contribution < -0.4 is 0 Å². The third kappa shape index (κ3) is 3.49. The number of carbonyl (C=O) groups is 1. The average Bonchev–Trinajstić information content (AvgIpc) is 2.63. The zero-order chi connectivity index (χ0) is 11.3. The molecule has 0 radical (unpaired) electrons. The maximum absolute atomic E-state index is 11.9.